The number of likely N-dealkylation sites (tertiary alicyclic amines) is 1. The number of aromatic nitrogens is 2. The molecule has 1 aromatic heterocycles. The van der Waals surface area contributed by atoms with E-state index >= 15 is 0 Å². The van der Waals surface area contributed by atoms with E-state index in [1.165, 1.54) is 44.7 Å². The predicted octanol–water partition coefficient (Wildman–Crippen LogP) is 2.68. The molecule has 3 rings (SSSR count). The number of aryl methyl sites for hydroxylation is 1. The fraction of sp³-hybridized carbons (Fsp3) is 0.833. The second-order valence-electron chi connectivity index (χ2n) is 7.51. The maximum atomic E-state index is 12.8. The first-order valence-corrected chi connectivity index (χ1v) is 11.3. The normalized spacial score (nSPS) is 24.3. The van der Waals surface area contributed by atoms with Crippen molar-refractivity contribution in [3.63, 3.8) is 0 Å². The molecule has 1 atom stereocenters. The van der Waals surface area contributed by atoms with Crippen LogP contribution in [-0.4, -0.2) is 48.3 Å². The third-order valence-corrected chi connectivity index (χ3v) is 7.39. The lowest BCUT2D eigenvalue weighted by Crippen LogP contribution is -2.50. The molecule has 1 aliphatic carbocycles. The lowest BCUT2D eigenvalue weighted by molar-refractivity contribution is 0.132. The second-order valence-corrected chi connectivity index (χ2v) is 9.19. The summed E-state index contributed by atoms with van der Waals surface area (Å²) in [5.41, 5.74) is 0.714. The van der Waals surface area contributed by atoms with Gasteiger partial charge in [0.15, 0.2) is 0 Å². The van der Waals surface area contributed by atoms with E-state index in [0.717, 1.165) is 25.9 Å². The fourth-order valence-electron chi connectivity index (χ4n) is 4.35. The van der Waals surface area contributed by atoms with Crippen molar-refractivity contribution in [2.24, 2.45) is 0 Å². The van der Waals surface area contributed by atoms with Crippen molar-refractivity contribution < 1.29 is 8.42 Å². The molecule has 0 bridgehead atoms. The molecule has 25 heavy (non-hydrogen) atoms. The number of rotatable bonds is 5. The summed E-state index contributed by atoms with van der Waals surface area (Å²) in [6.07, 6.45) is 11.3. The maximum Gasteiger partial charge on any atom is 0.244 e. The van der Waals surface area contributed by atoms with Crippen LogP contribution in [0.5, 0.6) is 0 Å². The van der Waals surface area contributed by atoms with Crippen LogP contribution < -0.4 is 4.72 Å². The molecule has 1 saturated carbocycles. The highest BCUT2D eigenvalue weighted by Crippen LogP contribution is 2.25. The Labute approximate surface area is 152 Å². The van der Waals surface area contributed by atoms with Gasteiger partial charge in [-0.3, -0.25) is 9.58 Å². The number of nitrogens with zero attached hydrogens (tertiary/aromatic N) is 3. The molecule has 6 nitrogen and oxygen atoms in total. The summed E-state index contributed by atoms with van der Waals surface area (Å²) >= 11 is 0. The Kier molecular flexibility index (Phi) is 6.17. The molecule has 1 N–H and O–H groups in total. The van der Waals surface area contributed by atoms with E-state index in [2.05, 4.69) is 14.7 Å². The molecule has 2 fully saturated rings. The van der Waals surface area contributed by atoms with Crippen molar-refractivity contribution >= 4 is 10.0 Å². The van der Waals surface area contributed by atoms with Crippen LogP contribution in [0.15, 0.2) is 11.1 Å². The van der Waals surface area contributed by atoms with E-state index in [1.807, 2.05) is 13.8 Å². The molecule has 2 aliphatic rings. The minimum Gasteiger partial charge on any atom is -0.299 e. The van der Waals surface area contributed by atoms with E-state index < -0.39 is 10.0 Å². The average molecular weight is 369 g/mol. The number of hydrogen-bond acceptors (Lipinski definition) is 4. The summed E-state index contributed by atoms with van der Waals surface area (Å²) in [4.78, 5) is 2.85. The van der Waals surface area contributed by atoms with Gasteiger partial charge in [0.25, 0.3) is 0 Å². The number of piperidine rings is 1. The van der Waals surface area contributed by atoms with Crippen molar-refractivity contribution in [2.45, 2.75) is 88.7 Å². The highest BCUT2D eigenvalue weighted by atomic mass is 32.2. The number of sulfonamides is 1. The van der Waals surface area contributed by atoms with Gasteiger partial charge in [0, 0.05) is 25.2 Å². The molecule has 142 valence electrons. The average Bonchev–Trinajstić information content (AvgIpc) is 2.80. The zero-order valence-electron chi connectivity index (χ0n) is 15.6. The number of nitrogens with one attached hydrogen (secondary N) is 1. The lowest BCUT2D eigenvalue weighted by Gasteiger charge is -2.38. The first-order valence-electron chi connectivity index (χ1n) is 9.80. The largest absolute Gasteiger partial charge is 0.299 e. The van der Waals surface area contributed by atoms with Crippen molar-refractivity contribution in [2.75, 3.05) is 13.1 Å². The molecule has 7 heteroatoms. The molecule has 1 aliphatic heterocycles. The van der Waals surface area contributed by atoms with Crippen molar-refractivity contribution in [1.82, 2.24) is 19.4 Å². The van der Waals surface area contributed by atoms with Gasteiger partial charge in [0.1, 0.15) is 4.90 Å². The zero-order chi connectivity index (χ0) is 17.9. The number of hydrogen-bond donors (Lipinski definition) is 1. The molecule has 2 heterocycles. The minimum atomic E-state index is -3.50. The third-order valence-electron chi connectivity index (χ3n) is 5.76. The van der Waals surface area contributed by atoms with E-state index in [9.17, 15) is 8.42 Å². The molecule has 0 aromatic carbocycles. The van der Waals surface area contributed by atoms with Crippen molar-refractivity contribution in [3.8, 4) is 0 Å². The fourth-order valence-corrected chi connectivity index (χ4v) is 5.79. The predicted molar refractivity (Wildman–Crippen MR) is 99.0 cm³/mol. The van der Waals surface area contributed by atoms with Gasteiger partial charge in [0.2, 0.25) is 10.0 Å². The third kappa shape index (κ3) is 4.44. The van der Waals surface area contributed by atoms with Crippen LogP contribution in [0.3, 0.4) is 0 Å². The van der Waals surface area contributed by atoms with Crippen molar-refractivity contribution in [3.05, 3.63) is 11.9 Å². The summed E-state index contributed by atoms with van der Waals surface area (Å²) in [7, 11) is -3.50. The van der Waals surface area contributed by atoms with Gasteiger partial charge in [-0.15, -0.1) is 0 Å². The topological polar surface area (TPSA) is 67.2 Å². The molecule has 1 aromatic rings. The smallest absolute Gasteiger partial charge is 0.244 e. The first-order chi connectivity index (χ1) is 12.0. The first kappa shape index (κ1) is 18.9. The Hall–Kier alpha value is -0.920. The van der Waals surface area contributed by atoms with Crippen molar-refractivity contribution in [1.29, 1.82) is 0 Å². The van der Waals surface area contributed by atoms with E-state index in [4.69, 9.17) is 0 Å². The van der Waals surface area contributed by atoms with Gasteiger partial charge in [-0.2, -0.15) is 5.10 Å². The maximum absolute atomic E-state index is 12.8. The van der Waals surface area contributed by atoms with Crippen LogP contribution in [0.2, 0.25) is 0 Å². The monoisotopic (exact) mass is 368 g/mol. The highest BCUT2D eigenvalue weighted by Gasteiger charge is 2.30. The van der Waals surface area contributed by atoms with Crippen LogP contribution >= 0.6 is 0 Å². The summed E-state index contributed by atoms with van der Waals surface area (Å²) in [5.74, 6) is 0. The van der Waals surface area contributed by atoms with Gasteiger partial charge < -0.3 is 0 Å². The van der Waals surface area contributed by atoms with Gasteiger partial charge in [-0.25, -0.2) is 13.1 Å². The van der Waals surface area contributed by atoms with Crippen LogP contribution in [-0.2, 0) is 16.6 Å². The Balaban J connectivity index is 1.66. The standard InChI is InChI=1S/C18H32N4O2S/c1-3-22-15(2)18(13-19-22)25(23,24)20-16-9-8-12-21(14-16)17-10-6-4-5-7-11-17/h13,16-17,20H,3-12,14H2,1-2H3/t16-/m1/s1. The molecule has 0 spiro atoms. The van der Waals surface area contributed by atoms with Gasteiger partial charge >= 0.3 is 0 Å². The van der Waals surface area contributed by atoms with Crippen LogP contribution in [0, 0.1) is 6.92 Å². The summed E-state index contributed by atoms with van der Waals surface area (Å²) < 4.78 is 30.3. The highest BCUT2D eigenvalue weighted by molar-refractivity contribution is 7.89. The molecular weight excluding hydrogens is 336 g/mol. The quantitative estimate of drug-likeness (QED) is 0.812. The Morgan fingerprint density at radius 2 is 1.88 bits per heavy atom. The zero-order valence-corrected chi connectivity index (χ0v) is 16.4. The second kappa shape index (κ2) is 8.18. The Bertz CT molecular complexity index is 663. The van der Waals surface area contributed by atoms with Gasteiger partial charge in [-0.05, 0) is 46.1 Å². The molecule has 0 radical (unpaired) electrons. The Morgan fingerprint density at radius 1 is 1.16 bits per heavy atom. The summed E-state index contributed by atoms with van der Waals surface area (Å²) in [5, 5.41) is 4.18. The lowest BCUT2D eigenvalue weighted by atomic mass is 10.0. The van der Waals surface area contributed by atoms with Gasteiger partial charge in [-0.1, -0.05) is 25.7 Å². The summed E-state index contributed by atoms with van der Waals surface area (Å²) in [6, 6.07) is 0.644. The van der Waals surface area contributed by atoms with E-state index in [0.29, 0.717) is 23.2 Å². The van der Waals surface area contributed by atoms with E-state index in [1.54, 1.807) is 4.68 Å². The molecule has 1 saturated heterocycles. The van der Waals surface area contributed by atoms with E-state index in [-0.39, 0.29) is 6.04 Å². The molecular formula is C18H32N4O2S. The van der Waals surface area contributed by atoms with Gasteiger partial charge in [0.05, 0.1) is 11.9 Å². The van der Waals surface area contributed by atoms with Crippen LogP contribution in [0.4, 0.5) is 0 Å². The Morgan fingerprint density at radius 3 is 2.52 bits per heavy atom. The SMILES string of the molecule is CCn1ncc(S(=O)(=O)N[C@@H]2CCCN(C3CCCCCC3)C2)c1C. The van der Waals surface area contributed by atoms with Crippen LogP contribution in [0.25, 0.3) is 0 Å². The minimum absolute atomic E-state index is 0.00591. The summed E-state index contributed by atoms with van der Waals surface area (Å²) in [6.45, 7) is 6.42. The van der Waals surface area contributed by atoms with Crippen LogP contribution in [0.1, 0.15) is 64.0 Å². The molecule has 0 unspecified atom stereocenters. The molecule has 0 amide bonds.